The minimum Gasteiger partial charge on any atom is -0.383 e. The summed E-state index contributed by atoms with van der Waals surface area (Å²) in [6, 6.07) is 0.0793. The molecule has 0 atom stereocenters. The van der Waals surface area contributed by atoms with Crippen LogP contribution in [0.2, 0.25) is 0 Å². The van der Waals surface area contributed by atoms with Crippen molar-refractivity contribution >= 4 is 29.9 Å². The van der Waals surface area contributed by atoms with E-state index in [1.807, 2.05) is 0 Å². The summed E-state index contributed by atoms with van der Waals surface area (Å²) in [5, 5.41) is 6.66. The number of piperidine rings is 1. The number of rotatable bonds is 6. The molecule has 0 radical (unpaired) electrons. The molecule has 1 aliphatic carbocycles. The molecule has 0 bridgehead atoms. The average molecular weight is 506 g/mol. The quantitative estimate of drug-likeness (QED) is 0.330. The molecule has 1 heterocycles. The molecule has 0 aromatic rings. The number of hydrogen-bond acceptors (Lipinski definition) is 3. The predicted octanol–water partition coefficient (Wildman–Crippen LogP) is 3.25. The van der Waals surface area contributed by atoms with Gasteiger partial charge in [0, 0.05) is 33.3 Å². The second-order valence-electron chi connectivity index (χ2n) is 7.47. The van der Waals surface area contributed by atoms with Crippen LogP contribution in [-0.4, -0.2) is 70.0 Å². The van der Waals surface area contributed by atoms with Crippen LogP contribution in [0.4, 0.5) is 13.2 Å². The first kappa shape index (κ1) is 24.7. The summed E-state index contributed by atoms with van der Waals surface area (Å²) < 4.78 is 43.4. The standard InChI is InChI=1S/C18H33F3N4O.HI/c1-22-17(24-16-5-3-15(4-6-16)18(19,20)21)23-13-14-7-9-25(10-8-14)11-12-26-2;/h14-16H,3-13H2,1-2H3,(H2,22,23,24);1H. The third kappa shape index (κ3) is 8.72. The van der Waals surface area contributed by atoms with Crippen LogP contribution in [0.25, 0.3) is 0 Å². The highest BCUT2D eigenvalue weighted by Gasteiger charge is 2.41. The van der Waals surface area contributed by atoms with Crippen molar-refractivity contribution in [2.75, 3.05) is 46.9 Å². The number of halogens is 4. The maximum absolute atomic E-state index is 12.8. The van der Waals surface area contributed by atoms with E-state index in [-0.39, 0.29) is 42.9 Å². The average Bonchev–Trinajstić information content (AvgIpc) is 2.64. The summed E-state index contributed by atoms with van der Waals surface area (Å²) in [5.74, 6) is 0.175. The van der Waals surface area contributed by atoms with E-state index in [1.165, 1.54) is 0 Å². The number of alkyl halides is 3. The van der Waals surface area contributed by atoms with Crippen LogP contribution < -0.4 is 10.6 Å². The molecule has 2 N–H and O–H groups in total. The molecule has 2 fully saturated rings. The zero-order valence-electron chi connectivity index (χ0n) is 16.4. The molecule has 5 nitrogen and oxygen atoms in total. The van der Waals surface area contributed by atoms with E-state index < -0.39 is 12.1 Å². The van der Waals surface area contributed by atoms with Gasteiger partial charge in [-0.25, -0.2) is 0 Å². The highest BCUT2D eigenvalue weighted by molar-refractivity contribution is 14.0. The smallest absolute Gasteiger partial charge is 0.383 e. The first-order valence-corrected chi connectivity index (χ1v) is 9.67. The summed E-state index contributed by atoms with van der Waals surface area (Å²) in [4.78, 5) is 6.66. The van der Waals surface area contributed by atoms with Gasteiger partial charge in [-0.3, -0.25) is 4.99 Å². The Balaban J connectivity index is 0.00000364. The Morgan fingerprint density at radius 2 is 1.74 bits per heavy atom. The molecule has 2 rings (SSSR count). The summed E-state index contributed by atoms with van der Waals surface area (Å²) in [7, 11) is 3.44. The van der Waals surface area contributed by atoms with E-state index in [1.54, 1.807) is 14.2 Å². The van der Waals surface area contributed by atoms with Crippen molar-refractivity contribution in [1.29, 1.82) is 0 Å². The molecule has 160 valence electrons. The topological polar surface area (TPSA) is 48.9 Å². The van der Waals surface area contributed by atoms with E-state index in [4.69, 9.17) is 4.74 Å². The van der Waals surface area contributed by atoms with Crippen molar-refractivity contribution in [2.24, 2.45) is 16.8 Å². The van der Waals surface area contributed by atoms with E-state index in [0.29, 0.717) is 24.7 Å². The number of hydrogen-bond donors (Lipinski definition) is 2. The molecule has 1 aliphatic heterocycles. The molecule has 0 unspecified atom stereocenters. The molecular formula is C18H34F3IN4O. The summed E-state index contributed by atoms with van der Waals surface area (Å²) >= 11 is 0. The first-order chi connectivity index (χ1) is 12.4. The molecule has 1 saturated carbocycles. The minimum atomic E-state index is -4.05. The van der Waals surface area contributed by atoms with Crippen LogP contribution in [0.5, 0.6) is 0 Å². The van der Waals surface area contributed by atoms with Crippen molar-refractivity contribution in [2.45, 2.75) is 50.7 Å². The number of nitrogens with one attached hydrogen (secondary N) is 2. The van der Waals surface area contributed by atoms with E-state index in [9.17, 15) is 13.2 Å². The van der Waals surface area contributed by atoms with Gasteiger partial charge in [0.05, 0.1) is 12.5 Å². The highest BCUT2D eigenvalue weighted by Crippen LogP contribution is 2.37. The van der Waals surface area contributed by atoms with Gasteiger partial charge in [-0.2, -0.15) is 13.2 Å². The molecule has 1 saturated heterocycles. The van der Waals surface area contributed by atoms with Crippen molar-refractivity contribution in [3.05, 3.63) is 0 Å². The summed E-state index contributed by atoms with van der Waals surface area (Å²) in [5.41, 5.74) is 0. The lowest BCUT2D eigenvalue weighted by atomic mass is 9.85. The fourth-order valence-corrected chi connectivity index (χ4v) is 3.83. The van der Waals surface area contributed by atoms with Crippen LogP contribution in [0.3, 0.4) is 0 Å². The molecule has 9 heteroatoms. The SMILES string of the molecule is CN=C(NCC1CCN(CCOC)CC1)NC1CCC(C(F)(F)F)CC1.I. The van der Waals surface area contributed by atoms with Crippen LogP contribution in [0, 0.1) is 11.8 Å². The van der Waals surface area contributed by atoms with Gasteiger partial charge in [0.25, 0.3) is 0 Å². The van der Waals surface area contributed by atoms with Crippen LogP contribution >= 0.6 is 24.0 Å². The molecule has 0 aromatic carbocycles. The lowest BCUT2D eigenvalue weighted by molar-refractivity contribution is -0.182. The second kappa shape index (κ2) is 12.3. The van der Waals surface area contributed by atoms with Crippen molar-refractivity contribution in [1.82, 2.24) is 15.5 Å². The molecule has 0 spiro atoms. The zero-order valence-corrected chi connectivity index (χ0v) is 18.7. The molecule has 2 aliphatic rings. The van der Waals surface area contributed by atoms with Crippen LogP contribution in [0.1, 0.15) is 38.5 Å². The van der Waals surface area contributed by atoms with Gasteiger partial charge in [-0.15, -0.1) is 24.0 Å². The second-order valence-corrected chi connectivity index (χ2v) is 7.47. The third-order valence-electron chi connectivity index (χ3n) is 5.63. The van der Waals surface area contributed by atoms with Crippen molar-refractivity contribution in [3.63, 3.8) is 0 Å². The Kier molecular flexibility index (Phi) is 11.3. The van der Waals surface area contributed by atoms with Gasteiger partial charge in [0.1, 0.15) is 0 Å². The predicted molar refractivity (Wildman–Crippen MR) is 113 cm³/mol. The highest BCUT2D eigenvalue weighted by atomic mass is 127. The van der Waals surface area contributed by atoms with E-state index in [2.05, 4.69) is 20.5 Å². The summed E-state index contributed by atoms with van der Waals surface area (Å²) in [6.45, 7) is 4.79. The van der Waals surface area contributed by atoms with Gasteiger partial charge in [-0.05, 0) is 57.5 Å². The Hall–Kier alpha value is -0.290. The van der Waals surface area contributed by atoms with Gasteiger partial charge >= 0.3 is 6.18 Å². The number of methoxy groups -OCH3 is 1. The number of ether oxygens (including phenoxy) is 1. The lowest BCUT2D eigenvalue weighted by Gasteiger charge is -2.33. The maximum Gasteiger partial charge on any atom is 0.391 e. The molecular weight excluding hydrogens is 472 g/mol. The van der Waals surface area contributed by atoms with Crippen LogP contribution in [0.15, 0.2) is 4.99 Å². The zero-order chi connectivity index (χ0) is 19.0. The number of aliphatic imine (C=N–C) groups is 1. The fraction of sp³-hybridized carbons (Fsp3) is 0.944. The normalized spacial score (nSPS) is 25.7. The Morgan fingerprint density at radius 1 is 1.11 bits per heavy atom. The Labute approximate surface area is 177 Å². The maximum atomic E-state index is 12.8. The number of guanidine groups is 1. The number of likely N-dealkylation sites (tertiary alicyclic amines) is 1. The first-order valence-electron chi connectivity index (χ1n) is 9.67. The van der Waals surface area contributed by atoms with E-state index >= 15 is 0 Å². The van der Waals surface area contributed by atoms with Gasteiger partial charge in [0.2, 0.25) is 0 Å². The fourth-order valence-electron chi connectivity index (χ4n) is 3.83. The summed E-state index contributed by atoms with van der Waals surface area (Å²) in [6.07, 6.45) is -0.264. The number of nitrogens with zero attached hydrogens (tertiary/aromatic N) is 2. The molecule has 0 amide bonds. The lowest BCUT2D eigenvalue weighted by Crippen LogP contribution is -2.47. The van der Waals surface area contributed by atoms with Crippen molar-refractivity contribution in [3.8, 4) is 0 Å². The largest absolute Gasteiger partial charge is 0.391 e. The third-order valence-corrected chi connectivity index (χ3v) is 5.63. The van der Waals surface area contributed by atoms with Crippen molar-refractivity contribution < 1.29 is 17.9 Å². The molecule has 27 heavy (non-hydrogen) atoms. The van der Waals surface area contributed by atoms with E-state index in [0.717, 1.165) is 45.6 Å². The minimum absolute atomic E-state index is 0. The Bertz CT molecular complexity index is 435. The van der Waals surface area contributed by atoms with Gasteiger partial charge < -0.3 is 20.3 Å². The monoisotopic (exact) mass is 506 g/mol. The van der Waals surface area contributed by atoms with Gasteiger partial charge in [-0.1, -0.05) is 0 Å². The van der Waals surface area contributed by atoms with Crippen LogP contribution in [-0.2, 0) is 4.74 Å². The Morgan fingerprint density at radius 3 is 2.26 bits per heavy atom. The van der Waals surface area contributed by atoms with Gasteiger partial charge in [0.15, 0.2) is 5.96 Å². The molecule has 0 aromatic heterocycles.